The fourth-order valence-electron chi connectivity index (χ4n) is 3.75. The molecule has 0 aromatic heterocycles. The summed E-state index contributed by atoms with van der Waals surface area (Å²) in [6.45, 7) is -6.95. The molecule has 0 bridgehead atoms. The van der Waals surface area contributed by atoms with Crippen LogP contribution in [-0.2, 0) is 4.79 Å². The number of carbonyl (C=O) groups is 1. The zero-order valence-electron chi connectivity index (χ0n) is 14.5. The normalized spacial score (nSPS) is 13.7. The molecule has 0 spiro atoms. The maximum atomic E-state index is 13.1. The molecule has 11 heteroatoms. The molecule has 0 atom stereocenters. The third-order valence-corrected chi connectivity index (χ3v) is 5.29. The number of carbonyl (C=O) groups excluding carboxylic acids is 1. The summed E-state index contributed by atoms with van der Waals surface area (Å²) in [6, 6.07) is 0. The van der Waals surface area contributed by atoms with Crippen molar-refractivity contribution in [1.29, 1.82) is 0 Å². The summed E-state index contributed by atoms with van der Waals surface area (Å²) in [5, 5.41) is 89.5. The van der Waals surface area contributed by atoms with Gasteiger partial charge in [-0.1, -0.05) is 6.58 Å². The summed E-state index contributed by atoms with van der Waals surface area (Å²) in [6.07, 6.45) is 0.654. The van der Waals surface area contributed by atoms with Crippen molar-refractivity contribution < 1.29 is 55.2 Å². The van der Waals surface area contributed by atoms with E-state index in [4.69, 9.17) is 0 Å². The molecule has 0 radical (unpaired) electrons. The third-order valence-electron chi connectivity index (χ3n) is 5.29. The van der Waals surface area contributed by atoms with Crippen LogP contribution in [0.4, 0.5) is 0 Å². The number of hydrogen-bond donors (Lipinski definition) is 9. The fraction of sp³-hybridized carbons (Fsp3) is 0.800. The average Bonchev–Trinajstić information content (AvgIpc) is 2.71. The van der Waals surface area contributed by atoms with E-state index in [0.717, 1.165) is 0 Å². The number of rotatable bonds is 13. The van der Waals surface area contributed by atoms with Gasteiger partial charge < -0.3 is 46.0 Å². The number of nitrogens with zero attached hydrogens (tertiary/aromatic N) is 1. The van der Waals surface area contributed by atoms with Gasteiger partial charge in [0.05, 0.1) is 0 Å². The minimum absolute atomic E-state index is 0.654. The molecule has 0 saturated heterocycles. The van der Waals surface area contributed by atoms with Gasteiger partial charge in [0.15, 0.2) is 16.6 Å². The van der Waals surface area contributed by atoms with Gasteiger partial charge >= 0.3 is 5.91 Å². The van der Waals surface area contributed by atoms with Gasteiger partial charge in [-0.25, -0.2) is 9.28 Å². The second-order valence-electron chi connectivity index (χ2n) is 6.31. The van der Waals surface area contributed by atoms with Crippen molar-refractivity contribution in [2.45, 2.75) is 16.6 Å². The first-order valence-electron chi connectivity index (χ1n) is 7.82. The van der Waals surface area contributed by atoms with Gasteiger partial charge in [0.1, 0.15) is 59.5 Å². The Bertz CT molecular complexity index is 382. The summed E-state index contributed by atoms with van der Waals surface area (Å²) in [7, 11) is 0. The van der Waals surface area contributed by atoms with E-state index in [9.17, 15) is 50.8 Å². The number of aliphatic hydroxyl groups is 9. The Balaban J connectivity index is 7.65. The predicted molar refractivity (Wildman–Crippen MR) is 87.4 cm³/mol. The highest BCUT2D eigenvalue weighted by Crippen LogP contribution is 2.45. The number of aliphatic hydroxyl groups excluding tert-OH is 9. The minimum Gasteiger partial charge on any atom is -0.390 e. The van der Waals surface area contributed by atoms with Crippen molar-refractivity contribution in [2.75, 3.05) is 59.5 Å². The quantitative estimate of drug-likeness (QED) is 0.109. The summed E-state index contributed by atoms with van der Waals surface area (Å²) in [4.78, 5) is 13.1. The van der Waals surface area contributed by atoms with Crippen molar-refractivity contribution in [3.63, 3.8) is 0 Å². The van der Waals surface area contributed by atoms with Crippen molar-refractivity contribution >= 4 is 5.91 Å². The summed E-state index contributed by atoms with van der Waals surface area (Å²) >= 11 is 0. The highest BCUT2D eigenvalue weighted by molar-refractivity contribution is 5.82. The van der Waals surface area contributed by atoms with E-state index in [1.54, 1.807) is 0 Å². The molecule has 26 heavy (non-hydrogen) atoms. The van der Waals surface area contributed by atoms with Gasteiger partial charge in [-0.05, 0) is 0 Å². The first-order valence-corrected chi connectivity index (χ1v) is 7.82. The second-order valence-corrected chi connectivity index (χ2v) is 6.31. The molecule has 0 heterocycles. The monoisotopic (exact) mass is 384 g/mol. The lowest BCUT2D eigenvalue weighted by atomic mass is 9.76. The van der Waals surface area contributed by atoms with Crippen LogP contribution in [0.5, 0.6) is 0 Å². The van der Waals surface area contributed by atoms with Crippen molar-refractivity contribution in [3.05, 3.63) is 12.7 Å². The molecule has 0 aromatic rings. The minimum atomic E-state index is -2.34. The van der Waals surface area contributed by atoms with Crippen LogP contribution in [-0.4, -0.2) is 132 Å². The Labute approximate surface area is 150 Å². The largest absolute Gasteiger partial charge is 0.390 e. The van der Waals surface area contributed by atoms with Crippen LogP contribution in [0.1, 0.15) is 0 Å². The zero-order chi connectivity index (χ0) is 20.6. The number of amides is 1. The fourth-order valence-corrected chi connectivity index (χ4v) is 3.75. The molecule has 0 aromatic carbocycles. The molecule has 0 aliphatic rings. The summed E-state index contributed by atoms with van der Waals surface area (Å²) in [5.41, 5.74) is -7.02. The Morgan fingerprint density at radius 2 is 0.808 bits per heavy atom. The lowest BCUT2D eigenvalue weighted by Gasteiger charge is -2.64. The zero-order valence-corrected chi connectivity index (χ0v) is 14.5. The van der Waals surface area contributed by atoms with Gasteiger partial charge in [0.25, 0.3) is 0 Å². The summed E-state index contributed by atoms with van der Waals surface area (Å²) < 4.78 is -1.65. The van der Waals surface area contributed by atoms with Gasteiger partial charge in [-0.3, -0.25) is 0 Å². The Kier molecular flexibility index (Phi) is 9.43. The van der Waals surface area contributed by atoms with Gasteiger partial charge in [-0.15, -0.1) is 0 Å². The first-order chi connectivity index (χ1) is 12.3. The Morgan fingerprint density at radius 3 is 0.923 bits per heavy atom. The van der Waals surface area contributed by atoms with E-state index >= 15 is 0 Å². The first kappa shape index (κ1) is 25.0. The van der Waals surface area contributed by atoms with Crippen LogP contribution in [0.25, 0.3) is 0 Å². The van der Waals surface area contributed by atoms with E-state index in [2.05, 4.69) is 6.58 Å². The highest BCUT2D eigenvalue weighted by atomic mass is 16.3. The smallest absolute Gasteiger partial charge is 0.339 e. The molecule has 9 N–H and O–H groups in total. The number of quaternary nitrogens is 1. The van der Waals surface area contributed by atoms with Gasteiger partial charge in [0, 0.05) is 6.08 Å². The lowest BCUT2D eigenvalue weighted by molar-refractivity contribution is -1.00. The molecule has 0 aliphatic heterocycles. The molecule has 0 fully saturated rings. The predicted octanol–water partition coefficient (Wildman–Crippen LogP) is -5.34. The van der Waals surface area contributed by atoms with E-state index < -0.39 is 86.5 Å². The Morgan fingerprint density at radius 1 is 0.615 bits per heavy atom. The van der Waals surface area contributed by atoms with E-state index in [-0.39, 0.29) is 0 Å². The SMILES string of the molecule is C=CC(=O)[N+](C(CO)(CO)CO)(C(CO)(CO)CO)C(CO)(CO)CO. The van der Waals surface area contributed by atoms with Crippen LogP contribution in [0.3, 0.4) is 0 Å². The second kappa shape index (κ2) is 9.80. The van der Waals surface area contributed by atoms with Crippen LogP contribution in [0.15, 0.2) is 12.7 Å². The molecule has 0 rings (SSSR count). The maximum Gasteiger partial charge on any atom is 0.339 e. The Hall–Kier alpha value is -0.990. The van der Waals surface area contributed by atoms with Crippen molar-refractivity contribution in [2.24, 2.45) is 0 Å². The molecule has 11 nitrogen and oxygen atoms in total. The molecular formula is C15H30NO10+. The van der Waals surface area contributed by atoms with Gasteiger partial charge in [-0.2, -0.15) is 0 Å². The maximum absolute atomic E-state index is 13.1. The third kappa shape index (κ3) is 2.99. The number of hydrogen-bond acceptors (Lipinski definition) is 10. The van der Waals surface area contributed by atoms with Crippen LogP contribution in [0.2, 0.25) is 0 Å². The van der Waals surface area contributed by atoms with Crippen LogP contribution >= 0.6 is 0 Å². The molecule has 154 valence electrons. The molecule has 0 unspecified atom stereocenters. The standard InChI is InChI=1S/C15H30NO10/c1-2-12(26)16(13(3-17,4-18)5-19,14(6-20,7-21)8-22)15(9-23,10-24)11-25/h2,17-25H,1,3-11H2/q+1. The summed E-state index contributed by atoms with van der Waals surface area (Å²) in [5.74, 6) is -1.18. The highest BCUT2D eigenvalue weighted by Gasteiger charge is 2.74. The van der Waals surface area contributed by atoms with E-state index in [0.29, 0.717) is 6.08 Å². The van der Waals surface area contributed by atoms with E-state index in [1.807, 2.05) is 0 Å². The molecule has 0 aliphatic carbocycles. The molecular weight excluding hydrogens is 354 g/mol. The van der Waals surface area contributed by atoms with Gasteiger partial charge in [0.2, 0.25) is 0 Å². The topological polar surface area (TPSA) is 199 Å². The van der Waals surface area contributed by atoms with Crippen LogP contribution < -0.4 is 0 Å². The average molecular weight is 384 g/mol. The van der Waals surface area contributed by atoms with Crippen molar-refractivity contribution in [1.82, 2.24) is 0 Å². The molecule has 0 saturated carbocycles. The lowest BCUT2D eigenvalue weighted by Crippen LogP contribution is -2.92. The molecule has 1 amide bonds. The van der Waals surface area contributed by atoms with E-state index in [1.165, 1.54) is 0 Å². The van der Waals surface area contributed by atoms with Crippen molar-refractivity contribution in [3.8, 4) is 0 Å². The van der Waals surface area contributed by atoms with Crippen LogP contribution in [0, 0.1) is 0 Å².